The second-order valence-corrected chi connectivity index (χ2v) is 7.60. The quantitative estimate of drug-likeness (QED) is 0.194. The first kappa shape index (κ1) is 26.2. The Kier molecular flexibility index (Phi) is 12.4. The maximum absolute atomic E-state index is 6.06. The molecule has 8 heteroatoms. The number of hydrogen-bond donors (Lipinski definition) is 2. The Balaban J connectivity index is 0.00000450. The van der Waals surface area contributed by atoms with Gasteiger partial charge in [0.2, 0.25) is 5.89 Å². The van der Waals surface area contributed by atoms with Crippen molar-refractivity contribution in [3.63, 3.8) is 0 Å². The van der Waals surface area contributed by atoms with Crippen molar-refractivity contribution in [2.75, 3.05) is 19.7 Å². The molecule has 0 amide bonds. The van der Waals surface area contributed by atoms with E-state index in [0.29, 0.717) is 37.1 Å². The second kappa shape index (κ2) is 14.2. The van der Waals surface area contributed by atoms with Crippen LogP contribution in [0.25, 0.3) is 0 Å². The zero-order chi connectivity index (χ0) is 21.1. The van der Waals surface area contributed by atoms with Crippen molar-refractivity contribution in [1.82, 2.24) is 20.8 Å². The number of benzene rings is 1. The van der Waals surface area contributed by atoms with Crippen LogP contribution < -0.4 is 15.4 Å². The van der Waals surface area contributed by atoms with E-state index in [9.17, 15) is 0 Å². The van der Waals surface area contributed by atoms with E-state index in [4.69, 9.17) is 14.3 Å². The summed E-state index contributed by atoms with van der Waals surface area (Å²) in [5, 5.41) is 10.4. The molecule has 0 aliphatic carbocycles. The summed E-state index contributed by atoms with van der Waals surface area (Å²) in [6.07, 6.45) is 2.89. The van der Waals surface area contributed by atoms with Gasteiger partial charge in [0.05, 0.1) is 13.2 Å². The Labute approximate surface area is 197 Å². The number of hydrogen-bond acceptors (Lipinski definition) is 5. The predicted molar refractivity (Wildman–Crippen MR) is 132 cm³/mol. The maximum atomic E-state index is 6.06. The van der Waals surface area contributed by atoms with Crippen LogP contribution in [0.2, 0.25) is 0 Å². The molecule has 0 aliphatic heterocycles. The van der Waals surface area contributed by atoms with E-state index in [0.717, 1.165) is 36.8 Å². The number of guanidine groups is 1. The molecule has 1 heterocycles. The molecule has 0 unspecified atom stereocenters. The van der Waals surface area contributed by atoms with Gasteiger partial charge in [0.25, 0.3) is 0 Å². The number of nitrogens with zero attached hydrogens (tertiary/aromatic N) is 3. The lowest BCUT2D eigenvalue weighted by molar-refractivity contribution is 0.295. The van der Waals surface area contributed by atoms with Gasteiger partial charge in [-0.1, -0.05) is 31.1 Å². The van der Waals surface area contributed by atoms with Crippen molar-refractivity contribution in [2.24, 2.45) is 10.9 Å². The smallest absolute Gasteiger partial charge is 0.228 e. The van der Waals surface area contributed by atoms with Crippen LogP contribution in [0.1, 0.15) is 56.5 Å². The third-order valence-electron chi connectivity index (χ3n) is 4.36. The summed E-state index contributed by atoms with van der Waals surface area (Å²) in [5.41, 5.74) is 2.28. The second-order valence-electron chi connectivity index (χ2n) is 7.60. The molecule has 0 atom stereocenters. The molecule has 0 saturated carbocycles. The standard InChI is InChI=1S/C22H35N5O2.HI/c1-6-23-22(24-12-11-21-26-18(5)27-29-21)25-15-19-10-9-17(4)14-20(19)28-13-7-8-16(2)3;/h9-10,14,16H,6-8,11-13,15H2,1-5H3,(H2,23,24,25);1H. The van der Waals surface area contributed by atoms with Crippen LogP contribution >= 0.6 is 24.0 Å². The van der Waals surface area contributed by atoms with Gasteiger partial charge < -0.3 is 19.9 Å². The zero-order valence-corrected chi connectivity index (χ0v) is 21.2. The first-order valence-electron chi connectivity index (χ1n) is 10.5. The molecular formula is C22H36IN5O2. The van der Waals surface area contributed by atoms with Crippen LogP contribution in [0.3, 0.4) is 0 Å². The van der Waals surface area contributed by atoms with Gasteiger partial charge in [-0.25, -0.2) is 4.99 Å². The monoisotopic (exact) mass is 529 g/mol. The van der Waals surface area contributed by atoms with E-state index < -0.39 is 0 Å². The Hall–Kier alpha value is -1.84. The molecule has 0 aliphatic rings. The molecule has 30 heavy (non-hydrogen) atoms. The SMILES string of the molecule is CCNC(=NCc1ccc(C)cc1OCCCC(C)C)NCCc1nc(C)no1.I. The lowest BCUT2D eigenvalue weighted by Crippen LogP contribution is -2.38. The fourth-order valence-electron chi connectivity index (χ4n) is 2.84. The van der Waals surface area contributed by atoms with Gasteiger partial charge >= 0.3 is 0 Å². The predicted octanol–water partition coefficient (Wildman–Crippen LogP) is 4.42. The Morgan fingerprint density at radius 2 is 2.03 bits per heavy atom. The molecule has 2 rings (SSSR count). The van der Waals surface area contributed by atoms with Gasteiger partial charge in [0.1, 0.15) is 5.75 Å². The first-order valence-corrected chi connectivity index (χ1v) is 10.5. The molecule has 0 bridgehead atoms. The van der Waals surface area contributed by atoms with E-state index in [2.05, 4.69) is 59.7 Å². The number of halogens is 1. The minimum Gasteiger partial charge on any atom is -0.493 e. The molecule has 2 N–H and O–H groups in total. The van der Waals surface area contributed by atoms with Crippen LogP contribution in [0.4, 0.5) is 0 Å². The van der Waals surface area contributed by atoms with E-state index in [1.165, 1.54) is 12.0 Å². The molecular weight excluding hydrogens is 493 g/mol. The van der Waals surface area contributed by atoms with Crippen molar-refractivity contribution >= 4 is 29.9 Å². The lowest BCUT2D eigenvalue weighted by atomic mass is 10.1. The average Bonchev–Trinajstić information content (AvgIpc) is 3.09. The molecule has 0 fully saturated rings. The minimum absolute atomic E-state index is 0. The summed E-state index contributed by atoms with van der Waals surface area (Å²) in [6.45, 7) is 13.2. The topological polar surface area (TPSA) is 84.6 Å². The molecule has 0 saturated heterocycles. The van der Waals surface area contributed by atoms with E-state index in [1.807, 2.05) is 13.8 Å². The summed E-state index contributed by atoms with van der Waals surface area (Å²) in [5.74, 6) is 3.66. The highest BCUT2D eigenvalue weighted by molar-refractivity contribution is 14.0. The van der Waals surface area contributed by atoms with Crippen molar-refractivity contribution < 1.29 is 9.26 Å². The number of ether oxygens (including phenoxy) is 1. The minimum atomic E-state index is 0. The van der Waals surface area contributed by atoms with Crippen LogP contribution in [-0.4, -0.2) is 35.8 Å². The highest BCUT2D eigenvalue weighted by Crippen LogP contribution is 2.22. The first-order chi connectivity index (χ1) is 14.0. The molecule has 0 radical (unpaired) electrons. The summed E-state index contributed by atoms with van der Waals surface area (Å²) in [6, 6.07) is 6.30. The van der Waals surface area contributed by atoms with Crippen molar-refractivity contribution in [3.05, 3.63) is 41.0 Å². The van der Waals surface area contributed by atoms with Gasteiger partial charge in [-0.05, 0) is 51.2 Å². The largest absolute Gasteiger partial charge is 0.493 e. The molecule has 168 valence electrons. The number of aryl methyl sites for hydroxylation is 2. The van der Waals surface area contributed by atoms with E-state index in [1.54, 1.807) is 0 Å². The number of aromatic nitrogens is 2. The number of nitrogens with one attached hydrogen (secondary N) is 2. The fraction of sp³-hybridized carbons (Fsp3) is 0.591. The Morgan fingerprint density at radius 1 is 1.23 bits per heavy atom. The number of rotatable bonds is 11. The van der Waals surface area contributed by atoms with Crippen LogP contribution in [0.5, 0.6) is 5.75 Å². The molecule has 1 aromatic heterocycles. The molecule has 7 nitrogen and oxygen atoms in total. The maximum Gasteiger partial charge on any atom is 0.228 e. The normalized spacial score (nSPS) is 11.3. The highest BCUT2D eigenvalue weighted by Gasteiger charge is 2.07. The van der Waals surface area contributed by atoms with Gasteiger partial charge in [-0.2, -0.15) is 4.98 Å². The highest BCUT2D eigenvalue weighted by atomic mass is 127. The van der Waals surface area contributed by atoms with Crippen molar-refractivity contribution in [1.29, 1.82) is 0 Å². The van der Waals surface area contributed by atoms with Crippen LogP contribution in [-0.2, 0) is 13.0 Å². The third-order valence-corrected chi connectivity index (χ3v) is 4.36. The zero-order valence-electron chi connectivity index (χ0n) is 18.8. The van der Waals surface area contributed by atoms with Gasteiger partial charge in [0, 0.05) is 25.1 Å². The van der Waals surface area contributed by atoms with Gasteiger partial charge in [-0.3, -0.25) is 0 Å². The third kappa shape index (κ3) is 9.77. The summed E-state index contributed by atoms with van der Waals surface area (Å²) in [7, 11) is 0. The Bertz CT molecular complexity index is 777. The van der Waals surface area contributed by atoms with Crippen LogP contribution in [0.15, 0.2) is 27.7 Å². The van der Waals surface area contributed by atoms with Gasteiger partial charge in [-0.15, -0.1) is 24.0 Å². The molecule has 1 aromatic carbocycles. The van der Waals surface area contributed by atoms with Crippen LogP contribution in [0, 0.1) is 19.8 Å². The lowest BCUT2D eigenvalue weighted by Gasteiger charge is -2.14. The van der Waals surface area contributed by atoms with E-state index in [-0.39, 0.29) is 24.0 Å². The molecule has 2 aromatic rings. The number of aliphatic imine (C=N–C) groups is 1. The molecule has 0 spiro atoms. The van der Waals surface area contributed by atoms with Gasteiger partial charge in [0.15, 0.2) is 11.8 Å². The summed E-state index contributed by atoms with van der Waals surface area (Å²) < 4.78 is 11.2. The summed E-state index contributed by atoms with van der Waals surface area (Å²) in [4.78, 5) is 8.93. The average molecular weight is 529 g/mol. The fourth-order valence-corrected chi connectivity index (χ4v) is 2.84. The summed E-state index contributed by atoms with van der Waals surface area (Å²) >= 11 is 0. The van der Waals surface area contributed by atoms with E-state index >= 15 is 0 Å². The van der Waals surface area contributed by atoms with Crippen molar-refractivity contribution in [3.8, 4) is 5.75 Å². The Morgan fingerprint density at radius 3 is 2.70 bits per heavy atom. The van der Waals surface area contributed by atoms with Crippen molar-refractivity contribution in [2.45, 2.75) is 60.4 Å².